The molecule has 0 spiro atoms. The molecule has 0 bridgehead atoms. The minimum absolute atomic E-state index is 0.131. The summed E-state index contributed by atoms with van der Waals surface area (Å²) in [5.41, 5.74) is 6.75. The minimum Gasteiger partial charge on any atom is -0.454 e. The van der Waals surface area contributed by atoms with Crippen LogP contribution in [0.3, 0.4) is 0 Å². The van der Waals surface area contributed by atoms with Gasteiger partial charge in [0, 0.05) is 32.7 Å². The van der Waals surface area contributed by atoms with Gasteiger partial charge in [-0.2, -0.15) is 0 Å². The van der Waals surface area contributed by atoms with Gasteiger partial charge in [0.05, 0.1) is 5.75 Å². The van der Waals surface area contributed by atoms with E-state index in [1.807, 2.05) is 17.0 Å². The Morgan fingerprint density at radius 2 is 2.00 bits per heavy atom. The van der Waals surface area contributed by atoms with E-state index in [4.69, 9.17) is 15.2 Å². The van der Waals surface area contributed by atoms with E-state index in [0.717, 1.165) is 48.6 Å². The Hall–Kier alpha value is -2.04. The smallest absolute Gasteiger partial charge is 0.233 e. The molecule has 1 saturated heterocycles. The van der Waals surface area contributed by atoms with Crippen molar-refractivity contribution in [2.75, 3.05) is 44.5 Å². The molecule has 0 radical (unpaired) electrons. The van der Waals surface area contributed by atoms with Crippen LogP contribution in [-0.2, 0) is 11.3 Å². The third kappa shape index (κ3) is 4.02. The Balaban J connectivity index is 1.24. The Kier molecular flexibility index (Phi) is 5.14. The number of rotatable bonds is 5. The van der Waals surface area contributed by atoms with Crippen LogP contribution in [0, 0.1) is 0 Å². The lowest BCUT2D eigenvalue weighted by molar-refractivity contribution is -0.130. The highest BCUT2D eigenvalue weighted by Gasteiger charge is 2.22. The lowest BCUT2D eigenvalue weighted by atomic mass is 10.1. The van der Waals surface area contributed by atoms with E-state index in [1.165, 1.54) is 28.7 Å². The van der Waals surface area contributed by atoms with Crippen LogP contribution in [0.1, 0.15) is 5.56 Å². The summed E-state index contributed by atoms with van der Waals surface area (Å²) in [6.45, 7) is 4.33. The molecule has 1 aromatic heterocycles. The second-order valence-electron chi connectivity index (χ2n) is 6.04. The number of nitrogen functional groups attached to an aromatic ring is 1. The lowest BCUT2D eigenvalue weighted by Crippen LogP contribution is -2.48. The Morgan fingerprint density at radius 3 is 2.77 bits per heavy atom. The zero-order chi connectivity index (χ0) is 17.9. The Morgan fingerprint density at radius 1 is 1.19 bits per heavy atom. The molecule has 8 nitrogen and oxygen atoms in total. The molecule has 1 aromatic carbocycles. The quantitative estimate of drug-likeness (QED) is 0.760. The van der Waals surface area contributed by atoms with E-state index in [2.05, 4.69) is 21.2 Å². The van der Waals surface area contributed by atoms with Crippen molar-refractivity contribution >= 4 is 34.1 Å². The fourth-order valence-electron chi connectivity index (χ4n) is 2.95. The number of nitrogens with two attached hydrogens (primary N) is 1. The SMILES string of the molecule is Nc1nnc(SCC(=O)N2CCN(Cc3ccc4c(c3)OCO4)CC2)s1. The summed E-state index contributed by atoms with van der Waals surface area (Å²) in [7, 11) is 0. The number of hydrogen-bond acceptors (Lipinski definition) is 9. The van der Waals surface area contributed by atoms with E-state index in [1.54, 1.807) is 0 Å². The summed E-state index contributed by atoms with van der Waals surface area (Å²) < 4.78 is 11.5. The zero-order valence-electron chi connectivity index (χ0n) is 14.1. The number of ether oxygens (including phenoxy) is 2. The number of thioether (sulfide) groups is 1. The van der Waals surface area contributed by atoms with E-state index < -0.39 is 0 Å². The second-order valence-corrected chi connectivity index (χ2v) is 8.27. The van der Waals surface area contributed by atoms with Gasteiger partial charge < -0.3 is 20.1 Å². The molecule has 4 rings (SSSR count). The highest BCUT2D eigenvalue weighted by Crippen LogP contribution is 2.32. The first-order valence-electron chi connectivity index (χ1n) is 8.28. The summed E-state index contributed by atoms with van der Waals surface area (Å²) in [6, 6.07) is 6.05. The number of carbonyl (C=O) groups is 1. The Labute approximate surface area is 159 Å². The number of hydrogen-bond donors (Lipinski definition) is 1. The van der Waals surface area contributed by atoms with Crippen LogP contribution in [0.25, 0.3) is 0 Å². The van der Waals surface area contributed by atoms with E-state index >= 15 is 0 Å². The topological polar surface area (TPSA) is 93.8 Å². The van der Waals surface area contributed by atoms with Crippen LogP contribution in [-0.4, -0.2) is 64.6 Å². The van der Waals surface area contributed by atoms with Gasteiger partial charge in [-0.05, 0) is 17.7 Å². The van der Waals surface area contributed by atoms with E-state index in [9.17, 15) is 4.79 Å². The zero-order valence-corrected chi connectivity index (χ0v) is 15.7. The lowest BCUT2D eigenvalue weighted by Gasteiger charge is -2.34. The Bertz CT molecular complexity index is 792. The molecule has 0 saturated carbocycles. The first-order chi connectivity index (χ1) is 12.7. The average molecular weight is 393 g/mol. The maximum absolute atomic E-state index is 12.4. The molecule has 26 heavy (non-hydrogen) atoms. The van der Waals surface area contributed by atoms with Gasteiger partial charge >= 0.3 is 0 Å². The van der Waals surface area contributed by atoms with Gasteiger partial charge in [0.15, 0.2) is 15.8 Å². The maximum Gasteiger partial charge on any atom is 0.233 e. The monoisotopic (exact) mass is 393 g/mol. The molecule has 2 aromatic rings. The molecular weight excluding hydrogens is 374 g/mol. The number of fused-ring (bicyclic) bond motifs is 1. The fourth-order valence-corrected chi connectivity index (χ4v) is 4.49. The first-order valence-corrected chi connectivity index (χ1v) is 10.1. The van der Waals surface area contributed by atoms with Gasteiger partial charge in [-0.3, -0.25) is 9.69 Å². The molecule has 0 atom stereocenters. The largest absolute Gasteiger partial charge is 0.454 e. The summed E-state index contributed by atoms with van der Waals surface area (Å²) >= 11 is 2.70. The highest BCUT2D eigenvalue weighted by atomic mass is 32.2. The molecule has 3 heterocycles. The number of nitrogens with zero attached hydrogens (tertiary/aromatic N) is 4. The van der Waals surface area contributed by atoms with Crippen LogP contribution >= 0.6 is 23.1 Å². The van der Waals surface area contributed by atoms with E-state index in [-0.39, 0.29) is 5.91 Å². The molecule has 2 N–H and O–H groups in total. The van der Waals surface area contributed by atoms with Crippen molar-refractivity contribution < 1.29 is 14.3 Å². The standard InChI is InChI=1S/C16H19N5O3S2/c17-15-18-19-16(26-15)25-9-14(22)21-5-3-20(4-6-21)8-11-1-2-12-13(7-11)24-10-23-12/h1-2,7H,3-6,8-10H2,(H2,17,18). The molecule has 0 aliphatic carbocycles. The predicted octanol–water partition coefficient (Wildman–Crippen LogP) is 1.29. The summed E-state index contributed by atoms with van der Waals surface area (Å²) in [5, 5.41) is 8.11. The van der Waals surface area contributed by atoms with Gasteiger partial charge in [-0.25, -0.2) is 0 Å². The highest BCUT2D eigenvalue weighted by molar-refractivity contribution is 8.01. The van der Waals surface area contributed by atoms with Crippen molar-refractivity contribution in [1.29, 1.82) is 0 Å². The first kappa shape index (κ1) is 17.4. The van der Waals surface area contributed by atoms with Crippen LogP contribution in [0.4, 0.5) is 5.13 Å². The van der Waals surface area contributed by atoms with Crippen molar-refractivity contribution in [3.63, 3.8) is 0 Å². The number of amides is 1. The molecule has 2 aliphatic heterocycles. The summed E-state index contributed by atoms with van der Waals surface area (Å²) in [6.07, 6.45) is 0. The summed E-state index contributed by atoms with van der Waals surface area (Å²) in [4.78, 5) is 16.6. The minimum atomic E-state index is 0.131. The van der Waals surface area contributed by atoms with Crippen LogP contribution in [0.5, 0.6) is 11.5 Å². The van der Waals surface area contributed by atoms with E-state index in [0.29, 0.717) is 17.7 Å². The molecular formula is C16H19N5O3S2. The molecule has 1 amide bonds. The van der Waals surface area contributed by atoms with Gasteiger partial charge in [0.2, 0.25) is 17.8 Å². The van der Waals surface area contributed by atoms with Gasteiger partial charge in [-0.1, -0.05) is 29.2 Å². The van der Waals surface area contributed by atoms with Crippen molar-refractivity contribution in [2.45, 2.75) is 10.9 Å². The third-order valence-electron chi connectivity index (χ3n) is 4.31. The molecule has 1 fully saturated rings. The van der Waals surface area contributed by atoms with Crippen molar-refractivity contribution in [3.05, 3.63) is 23.8 Å². The number of piperazine rings is 1. The van der Waals surface area contributed by atoms with Gasteiger partial charge in [-0.15, -0.1) is 10.2 Å². The molecule has 10 heteroatoms. The van der Waals surface area contributed by atoms with Crippen molar-refractivity contribution in [2.24, 2.45) is 0 Å². The van der Waals surface area contributed by atoms with Crippen molar-refractivity contribution in [3.8, 4) is 11.5 Å². The van der Waals surface area contributed by atoms with Crippen molar-refractivity contribution in [1.82, 2.24) is 20.0 Å². The normalized spacial score (nSPS) is 16.8. The molecule has 138 valence electrons. The number of carbonyl (C=O) groups excluding carboxylic acids is 1. The number of aromatic nitrogens is 2. The van der Waals surface area contributed by atoms with Crippen LogP contribution in [0.15, 0.2) is 22.5 Å². The third-order valence-corrected chi connectivity index (χ3v) is 6.18. The van der Waals surface area contributed by atoms with Gasteiger partial charge in [0.1, 0.15) is 0 Å². The molecule has 2 aliphatic rings. The predicted molar refractivity (Wildman–Crippen MR) is 99.5 cm³/mol. The summed E-state index contributed by atoms with van der Waals surface area (Å²) in [5.74, 6) is 2.12. The van der Waals surface area contributed by atoms with Gasteiger partial charge in [0.25, 0.3) is 0 Å². The fraction of sp³-hybridized carbons (Fsp3) is 0.438. The number of anilines is 1. The average Bonchev–Trinajstić information content (AvgIpc) is 3.28. The molecule has 0 unspecified atom stereocenters. The number of benzene rings is 1. The maximum atomic E-state index is 12.4. The van der Waals surface area contributed by atoms with Crippen LogP contribution in [0.2, 0.25) is 0 Å². The van der Waals surface area contributed by atoms with Crippen LogP contribution < -0.4 is 15.2 Å². The second kappa shape index (κ2) is 7.68.